The van der Waals surface area contributed by atoms with Crippen molar-refractivity contribution in [1.82, 2.24) is 0 Å². The summed E-state index contributed by atoms with van der Waals surface area (Å²) in [6, 6.07) is 11.1. The maximum absolute atomic E-state index is 13.5. The molecule has 0 saturated heterocycles. The first-order valence-electron chi connectivity index (χ1n) is 6.71. The highest BCUT2D eigenvalue weighted by Gasteiger charge is 2.18. The topological polar surface area (TPSA) is 29.3 Å². The maximum Gasteiger partial charge on any atom is 0.124 e. The van der Waals surface area contributed by atoms with Crippen LogP contribution in [0.1, 0.15) is 17.5 Å². The number of halogens is 2. The average Bonchev–Trinajstić information content (AvgIpc) is 2.39. The first kappa shape index (κ1) is 13.4. The molecule has 0 radical (unpaired) electrons. The molecule has 1 aliphatic heterocycles. The van der Waals surface area contributed by atoms with Crippen LogP contribution in [0.4, 0.5) is 15.8 Å². The van der Waals surface area contributed by atoms with Gasteiger partial charge < -0.3 is 10.6 Å². The SMILES string of the molecule is Nc1cccc2c1CCCN2Cc1cc(F)cc(Br)c1. The van der Waals surface area contributed by atoms with Gasteiger partial charge in [0.05, 0.1) is 0 Å². The second-order valence-electron chi connectivity index (χ2n) is 5.15. The molecule has 1 aliphatic rings. The maximum atomic E-state index is 13.5. The fourth-order valence-electron chi connectivity index (χ4n) is 2.81. The fraction of sp³-hybridized carbons (Fsp3) is 0.250. The Morgan fingerprint density at radius 3 is 2.90 bits per heavy atom. The average molecular weight is 335 g/mol. The Hall–Kier alpha value is -1.55. The van der Waals surface area contributed by atoms with Crippen LogP contribution in [0.3, 0.4) is 0 Å². The molecule has 0 atom stereocenters. The molecular weight excluding hydrogens is 319 g/mol. The number of rotatable bonds is 2. The molecule has 0 aromatic heterocycles. The standard InChI is InChI=1S/C16H16BrFN2/c17-12-7-11(8-13(18)9-12)10-20-6-2-3-14-15(19)4-1-5-16(14)20/h1,4-5,7-9H,2-3,6,10,19H2. The summed E-state index contributed by atoms with van der Waals surface area (Å²) in [5.74, 6) is -0.209. The minimum absolute atomic E-state index is 0.209. The van der Waals surface area contributed by atoms with Gasteiger partial charge in [0, 0.05) is 28.9 Å². The van der Waals surface area contributed by atoms with E-state index in [9.17, 15) is 4.39 Å². The predicted octanol–water partition coefficient (Wildman–Crippen LogP) is 4.12. The zero-order chi connectivity index (χ0) is 14.1. The smallest absolute Gasteiger partial charge is 0.124 e. The molecule has 0 fully saturated rings. The van der Waals surface area contributed by atoms with Gasteiger partial charge >= 0.3 is 0 Å². The van der Waals surface area contributed by atoms with E-state index in [0.29, 0.717) is 6.54 Å². The van der Waals surface area contributed by atoms with Crippen molar-refractivity contribution in [2.75, 3.05) is 17.2 Å². The number of benzene rings is 2. The number of nitrogen functional groups attached to an aromatic ring is 1. The summed E-state index contributed by atoms with van der Waals surface area (Å²) in [6.07, 6.45) is 2.10. The van der Waals surface area contributed by atoms with Gasteiger partial charge in [-0.25, -0.2) is 4.39 Å². The Balaban J connectivity index is 1.91. The number of hydrogen-bond acceptors (Lipinski definition) is 2. The highest BCUT2D eigenvalue weighted by Crippen LogP contribution is 2.32. The number of nitrogens with zero attached hydrogens (tertiary/aromatic N) is 1. The van der Waals surface area contributed by atoms with Crippen LogP contribution >= 0.6 is 15.9 Å². The van der Waals surface area contributed by atoms with Crippen molar-refractivity contribution in [3.8, 4) is 0 Å². The van der Waals surface area contributed by atoms with Gasteiger partial charge in [0.25, 0.3) is 0 Å². The van der Waals surface area contributed by atoms with Gasteiger partial charge in [0.15, 0.2) is 0 Å². The second-order valence-corrected chi connectivity index (χ2v) is 6.06. The van der Waals surface area contributed by atoms with Gasteiger partial charge in [0.2, 0.25) is 0 Å². The van der Waals surface area contributed by atoms with E-state index < -0.39 is 0 Å². The second kappa shape index (κ2) is 5.44. The fourth-order valence-corrected chi connectivity index (χ4v) is 3.33. The van der Waals surface area contributed by atoms with Crippen LogP contribution in [0.2, 0.25) is 0 Å². The summed E-state index contributed by atoms with van der Waals surface area (Å²) in [6.45, 7) is 1.68. The number of hydrogen-bond donors (Lipinski definition) is 1. The zero-order valence-electron chi connectivity index (χ0n) is 11.1. The lowest BCUT2D eigenvalue weighted by atomic mass is 9.99. The predicted molar refractivity (Wildman–Crippen MR) is 84.3 cm³/mol. The molecule has 2 N–H and O–H groups in total. The van der Waals surface area contributed by atoms with E-state index in [-0.39, 0.29) is 5.82 Å². The van der Waals surface area contributed by atoms with E-state index in [2.05, 4.69) is 26.9 Å². The van der Waals surface area contributed by atoms with E-state index in [1.807, 2.05) is 18.2 Å². The first-order valence-corrected chi connectivity index (χ1v) is 7.50. The van der Waals surface area contributed by atoms with E-state index in [0.717, 1.165) is 35.1 Å². The van der Waals surface area contributed by atoms with Gasteiger partial charge in [0.1, 0.15) is 5.82 Å². The van der Waals surface area contributed by atoms with Crippen LogP contribution in [0.15, 0.2) is 40.9 Å². The van der Waals surface area contributed by atoms with Crippen molar-refractivity contribution in [2.45, 2.75) is 19.4 Å². The van der Waals surface area contributed by atoms with Crippen LogP contribution in [0.5, 0.6) is 0 Å². The lowest BCUT2D eigenvalue weighted by Gasteiger charge is -2.32. The number of nitrogens with two attached hydrogens (primary N) is 1. The summed E-state index contributed by atoms with van der Waals surface area (Å²) in [7, 11) is 0. The van der Waals surface area contributed by atoms with Crippen LogP contribution in [0, 0.1) is 5.82 Å². The zero-order valence-corrected chi connectivity index (χ0v) is 12.7. The van der Waals surface area contributed by atoms with Crippen molar-refractivity contribution < 1.29 is 4.39 Å². The quantitative estimate of drug-likeness (QED) is 0.837. The van der Waals surface area contributed by atoms with Gasteiger partial charge in [-0.2, -0.15) is 0 Å². The molecule has 3 rings (SSSR count). The molecule has 0 unspecified atom stereocenters. The third-order valence-corrected chi connectivity index (χ3v) is 4.14. The molecular formula is C16H16BrFN2. The third kappa shape index (κ3) is 2.66. The Morgan fingerprint density at radius 1 is 1.25 bits per heavy atom. The molecule has 2 aromatic carbocycles. The Bertz CT molecular complexity index is 622. The number of fused-ring (bicyclic) bond motifs is 1. The molecule has 104 valence electrons. The highest BCUT2D eigenvalue weighted by atomic mass is 79.9. The summed E-state index contributed by atoms with van der Waals surface area (Å²) >= 11 is 3.34. The van der Waals surface area contributed by atoms with Gasteiger partial charge in [-0.3, -0.25) is 0 Å². The highest BCUT2D eigenvalue weighted by molar-refractivity contribution is 9.10. The normalized spacial score (nSPS) is 14.2. The Kier molecular flexibility index (Phi) is 3.66. The van der Waals surface area contributed by atoms with Crippen LogP contribution in [-0.2, 0) is 13.0 Å². The minimum atomic E-state index is -0.209. The van der Waals surface area contributed by atoms with E-state index in [4.69, 9.17) is 5.73 Å². The Labute approximate surface area is 126 Å². The van der Waals surface area contributed by atoms with Gasteiger partial charge in [-0.1, -0.05) is 22.0 Å². The van der Waals surface area contributed by atoms with Crippen LogP contribution in [-0.4, -0.2) is 6.54 Å². The molecule has 20 heavy (non-hydrogen) atoms. The molecule has 0 saturated carbocycles. The minimum Gasteiger partial charge on any atom is -0.398 e. The molecule has 0 spiro atoms. The van der Waals surface area contributed by atoms with Crippen LogP contribution in [0.25, 0.3) is 0 Å². The molecule has 2 nitrogen and oxygen atoms in total. The van der Waals surface area contributed by atoms with Gasteiger partial charge in [-0.15, -0.1) is 0 Å². The molecule has 4 heteroatoms. The van der Waals surface area contributed by atoms with Crippen molar-refractivity contribution in [1.29, 1.82) is 0 Å². The number of anilines is 2. The largest absolute Gasteiger partial charge is 0.398 e. The van der Waals surface area contributed by atoms with E-state index in [1.165, 1.54) is 17.3 Å². The molecule has 0 bridgehead atoms. The summed E-state index contributed by atoms with van der Waals surface area (Å²) in [5.41, 5.74) is 10.3. The molecule has 0 amide bonds. The van der Waals surface area contributed by atoms with E-state index >= 15 is 0 Å². The van der Waals surface area contributed by atoms with Crippen molar-refractivity contribution in [2.24, 2.45) is 0 Å². The van der Waals surface area contributed by atoms with Crippen molar-refractivity contribution >= 4 is 27.3 Å². The lowest BCUT2D eigenvalue weighted by molar-refractivity contribution is 0.621. The summed E-state index contributed by atoms with van der Waals surface area (Å²) < 4.78 is 14.2. The monoisotopic (exact) mass is 334 g/mol. The first-order chi connectivity index (χ1) is 9.63. The third-order valence-electron chi connectivity index (χ3n) is 3.68. The molecule has 2 aromatic rings. The van der Waals surface area contributed by atoms with Crippen molar-refractivity contribution in [3.05, 3.63) is 57.8 Å². The van der Waals surface area contributed by atoms with E-state index in [1.54, 1.807) is 6.07 Å². The Morgan fingerprint density at radius 2 is 2.10 bits per heavy atom. The summed E-state index contributed by atoms with van der Waals surface area (Å²) in [5, 5.41) is 0. The van der Waals surface area contributed by atoms with Crippen LogP contribution < -0.4 is 10.6 Å². The summed E-state index contributed by atoms with van der Waals surface area (Å²) in [4.78, 5) is 2.27. The van der Waals surface area contributed by atoms with Crippen molar-refractivity contribution in [3.63, 3.8) is 0 Å². The molecule has 1 heterocycles. The van der Waals surface area contributed by atoms with Gasteiger partial charge in [-0.05, 0) is 54.3 Å². The lowest BCUT2D eigenvalue weighted by Crippen LogP contribution is -2.29. The molecule has 0 aliphatic carbocycles.